The molecule has 0 spiro atoms. The summed E-state index contributed by atoms with van der Waals surface area (Å²) in [6, 6.07) is 16.0. The Hall–Kier alpha value is -4.67. The van der Waals surface area contributed by atoms with Gasteiger partial charge in [-0.25, -0.2) is 9.67 Å². The minimum absolute atomic E-state index is 0.0164. The van der Waals surface area contributed by atoms with Crippen molar-refractivity contribution in [2.75, 3.05) is 10.6 Å². The Kier molecular flexibility index (Phi) is 5.67. The Morgan fingerprint density at radius 2 is 1.78 bits per heavy atom. The molecule has 2 aromatic heterocycles. The fraction of sp³-hybridized carbons (Fsp3) is 0.120. The molecule has 2 amide bonds. The predicted molar refractivity (Wildman–Crippen MR) is 127 cm³/mol. The maximum absolute atomic E-state index is 12.7. The highest BCUT2D eigenvalue weighted by Gasteiger charge is 2.31. The lowest BCUT2D eigenvalue weighted by molar-refractivity contribution is -0.137. The third-order valence-electron chi connectivity index (χ3n) is 5.82. The maximum atomic E-state index is 12.7. The second-order valence-electron chi connectivity index (χ2n) is 8.15. The van der Waals surface area contributed by atoms with Crippen LogP contribution in [-0.2, 0) is 19.1 Å². The van der Waals surface area contributed by atoms with Gasteiger partial charge in [-0.2, -0.15) is 18.3 Å². The van der Waals surface area contributed by atoms with Gasteiger partial charge < -0.3 is 16.4 Å². The van der Waals surface area contributed by atoms with E-state index in [1.165, 1.54) is 12.1 Å². The number of nitrogens with zero attached hydrogens (tertiary/aromatic N) is 3. The second-order valence-corrected chi connectivity index (χ2v) is 8.15. The van der Waals surface area contributed by atoms with Gasteiger partial charge >= 0.3 is 6.18 Å². The van der Waals surface area contributed by atoms with E-state index in [1.54, 1.807) is 16.8 Å². The Bertz CT molecular complexity index is 1460. The number of fused-ring (bicyclic) bond motifs is 2. The van der Waals surface area contributed by atoms with Crippen LogP contribution in [0.25, 0.3) is 11.3 Å². The molecule has 4 N–H and O–H groups in total. The van der Waals surface area contributed by atoms with Crippen molar-refractivity contribution in [1.29, 1.82) is 0 Å². The highest BCUT2D eigenvalue weighted by Crippen LogP contribution is 2.34. The number of halogens is 3. The Morgan fingerprint density at radius 1 is 1.03 bits per heavy atom. The van der Waals surface area contributed by atoms with Gasteiger partial charge in [-0.05, 0) is 42.3 Å². The fourth-order valence-corrected chi connectivity index (χ4v) is 4.00. The van der Waals surface area contributed by atoms with Gasteiger partial charge in [0.25, 0.3) is 11.8 Å². The van der Waals surface area contributed by atoms with Crippen molar-refractivity contribution in [1.82, 2.24) is 14.8 Å². The first-order valence-corrected chi connectivity index (χ1v) is 10.9. The third-order valence-corrected chi connectivity index (χ3v) is 5.82. The first-order valence-electron chi connectivity index (χ1n) is 10.9. The van der Waals surface area contributed by atoms with E-state index in [0.29, 0.717) is 36.2 Å². The summed E-state index contributed by atoms with van der Waals surface area (Å²) >= 11 is 0. The molecule has 2 aromatic carbocycles. The van der Waals surface area contributed by atoms with Gasteiger partial charge in [-0.15, -0.1) is 0 Å². The van der Waals surface area contributed by atoms with Crippen LogP contribution < -0.4 is 16.4 Å². The monoisotopic (exact) mass is 492 g/mol. The summed E-state index contributed by atoms with van der Waals surface area (Å²) in [5.41, 5.74) is 8.20. The normalized spacial score (nSPS) is 12.6. The summed E-state index contributed by atoms with van der Waals surface area (Å²) in [5, 5.41) is 10.3. The molecule has 5 rings (SSSR count). The topological polar surface area (TPSA) is 115 Å². The van der Waals surface area contributed by atoms with Crippen molar-refractivity contribution in [2.45, 2.75) is 19.1 Å². The Labute approximate surface area is 203 Å². The second kappa shape index (κ2) is 8.84. The minimum atomic E-state index is -4.51. The van der Waals surface area contributed by atoms with Crippen LogP contribution in [0, 0.1) is 0 Å². The number of benzene rings is 2. The number of nitrogens with one attached hydrogen (secondary N) is 2. The lowest BCUT2D eigenvalue weighted by Gasteiger charge is -2.09. The van der Waals surface area contributed by atoms with Crippen LogP contribution in [0.15, 0.2) is 66.9 Å². The van der Waals surface area contributed by atoms with Crippen LogP contribution in [0.2, 0.25) is 0 Å². The Balaban J connectivity index is 1.39. The number of hydrogen-bond acceptors (Lipinski definition) is 5. The van der Waals surface area contributed by atoms with Crippen LogP contribution in [0.4, 0.5) is 30.5 Å². The van der Waals surface area contributed by atoms with Crippen LogP contribution >= 0.6 is 0 Å². The molecule has 0 unspecified atom stereocenters. The largest absolute Gasteiger partial charge is 0.417 e. The molecule has 36 heavy (non-hydrogen) atoms. The minimum Gasteiger partial charge on any atom is -0.365 e. The van der Waals surface area contributed by atoms with Gasteiger partial charge in [0, 0.05) is 29.6 Å². The molecule has 11 heteroatoms. The van der Waals surface area contributed by atoms with Gasteiger partial charge in [-0.3, -0.25) is 9.59 Å². The summed E-state index contributed by atoms with van der Waals surface area (Å²) < 4.78 is 39.8. The van der Waals surface area contributed by atoms with E-state index in [-0.39, 0.29) is 16.9 Å². The van der Waals surface area contributed by atoms with Crippen molar-refractivity contribution >= 4 is 29.1 Å². The average molecular weight is 492 g/mol. The Morgan fingerprint density at radius 3 is 2.44 bits per heavy atom. The summed E-state index contributed by atoms with van der Waals surface area (Å²) in [6.07, 6.45) is -3.15. The van der Waals surface area contributed by atoms with E-state index in [4.69, 9.17) is 5.73 Å². The van der Waals surface area contributed by atoms with E-state index in [1.807, 2.05) is 24.3 Å². The highest BCUT2D eigenvalue weighted by molar-refractivity contribution is 6.06. The first-order chi connectivity index (χ1) is 17.2. The standard InChI is InChI=1S/C25H19F3N6O2/c26-25(27,28)17-9-10-19(30-13-17)32-24(36)16-7-5-15(6-8-16)21-20(22(29)35)23-31-18-4-2-1-3-14(18)11-12-34(23)33-21/h1-10,13,31H,11-12H2,(H2,29,35)(H,30,32,36). The number of para-hydroxylation sites is 1. The molecule has 0 aliphatic carbocycles. The number of alkyl halides is 3. The molecular weight excluding hydrogens is 473 g/mol. The number of aromatic nitrogens is 3. The van der Waals surface area contributed by atoms with Gasteiger partial charge in [0.1, 0.15) is 22.9 Å². The lowest BCUT2D eigenvalue weighted by atomic mass is 10.0. The SMILES string of the molecule is NC(=O)c1c(-c2ccc(C(=O)Nc3ccc(C(F)(F)F)cn3)cc2)nn2c1Nc1ccccc1CC2. The van der Waals surface area contributed by atoms with E-state index in [2.05, 4.69) is 20.7 Å². The number of pyridine rings is 1. The fourth-order valence-electron chi connectivity index (χ4n) is 4.00. The number of carbonyl (C=O) groups is 2. The quantitative estimate of drug-likeness (QED) is 0.385. The summed E-state index contributed by atoms with van der Waals surface area (Å²) in [4.78, 5) is 28.6. The maximum Gasteiger partial charge on any atom is 0.417 e. The molecule has 0 saturated carbocycles. The van der Waals surface area contributed by atoms with Crippen LogP contribution in [0.5, 0.6) is 0 Å². The lowest BCUT2D eigenvalue weighted by Crippen LogP contribution is -2.14. The van der Waals surface area contributed by atoms with Crippen molar-refractivity contribution in [3.63, 3.8) is 0 Å². The zero-order valence-electron chi connectivity index (χ0n) is 18.6. The molecule has 4 aromatic rings. The smallest absolute Gasteiger partial charge is 0.365 e. The zero-order valence-corrected chi connectivity index (χ0v) is 18.6. The van der Waals surface area contributed by atoms with Gasteiger partial charge in [0.15, 0.2) is 0 Å². The number of nitrogens with two attached hydrogens (primary N) is 1. The number of hydrogen-bond donors (Lipinski definition) is 3. The third kappa shape index (κ3) is 4.38. The molecule has 0 saturated heterocycles. The number of primary amides is 1. The van der Waals surface area contributed by atoms with Crippen molar-refractivity contribution in [3.8, 4) is 11.3 Å². The summed E-state index contributed by atoms with van der Waals surface area (Å²) in [7, 11) is 0. The van der Waals surface area contributed by atoms with Gasteiger partial charge in [-0.1, -0.05) is 30.3 Å². The molecule has 182 valence electrons. The summed E-state index contributed by atoms with van der Waals surface area (Å²) in [6.45, 7) is 0.542. The van der Waals surface area contributed by atoms with Crippen molar-refractivity contribution < 1.29 is 22.8 Å². The molecule has 0 atom stereocenters. The van der Waals surface area contributed by atoms with Crippen LogP contribution in [0.3, 0.4) is 0 Å². The van der Waals surface area contributed by atoms with E-state index < -0.39 is 23.6 Å². The molecule has 8 nitrogen and oxygen atoms in total. The van der Waals surface area contributed by atoms with Crippen molar-refractivity contribution in [3.05, 3.63) is 89.1 Å². The summed E-state index contributed by atoms with van der Waals surface area (Å²) in [5.74, 6) is -0.717. The average Bonchev–Trinajstić information content (AvgIpc) is 3.12. The van der Waals surface area contributed by atoms with Gasteiger partial charge in [0.2, 0.25) is 0 Å². The number of amides is 2. The highest BCUT2D eigenvalue weighted by atomic mass is 19.4. The molecule has 0 fully saturated rings. The zero-order chi connectivity index (χ0) is 25.4. The van der Waals surface area contributed by atoms with E-state index >= 15 is 0 Å². The molecule has 0 radical (unpaired) electrons. The number of carbonyl (C=O) groups excluding carboxylic acids is 2. The molecule has 1 aliphatic heterocycles. The van der Waals surface area contributed by atoms with Crippen LogP contribution in [-0.4, -0.2) is 26.6 Å². The van der Waals surface area contributed by atoms with Crippen molar-refractivity contribution in [2.24, 2.45) is 5.73 Å². The van der Waals surface area contributed by atoms with E-state index in [9.17, 15) is 22.8 Å². The number of anilines is 3. The molecule has 3 heterocycles. The predicted octanol–water partition coefficient (Wildman–Crippen LogP) is 4.61. The molecular formula is C25H19F3N6O2. The van der Waals surface area contributed by atoms with Crippen LogP contribution in [0.1, 0.15) is 31.8 Å². The number of rotatable bonds is 4. The molecule has 1 aliphatic rings. The molecule has 0 bridgehead atoms. The van der Waals surface area contributed by atoms with Gasteiger partial charge in [0.05, 0.1) is 5.56 Å². The first kappa shape index (κ1) is 23.1. The number of aryl methyl sites for hydroxylation is 2. The van der Waals surface area contributed by atoms with E-state index in [0.717, 1.165) is 23.4 Å².